The number of hydrogen-bond acceptors (Lipinski definition) is 4. The summed E-state index contributed by atoms with van der Waals surface area (Å²) in [5, 5.41) is 9.06. The van der Waals surface area contributed by atoms with E-state index in [9.17, 15) is 9.59 Å². The largest absolute Gasteiger partial charge is 0.497 e. The second kappa shape index (κ2) is 8.15. The summed E-state index contributed by atoms with van der Waals surface area (Å²) in [6.45, 7) is 2.45. The smallest absolute Gasteiger partial charge is 0.305 e. The van der Waals surface area contributed by atoms with Crippen LogP contribution >= 0.6 is 0 Å². The standard InChI is InChI=1S/C18H25NO5/c1-12(13-5-4-6-15(8-13)23-2)7-17(20)19-11-16(24-3)9-14(19)10-18(21)22/h4-6,8,12,14,16H,7,9-11H2,1-3H3,(H,21,22). The minimum absolute atomic E-state index is 0.0275. The molecule has 3 atom stereocenters. The number of carbonyl (C=O) groups is 2. The Balaban J connectivity index is 2.04. The molecule has 24 heavy (non-hydrogen) atoms. The van der Waals surface area contributed by atoms with E-state index in [0.29, 0.717) is 19.4 Å². The molecule has 3 unspecified atom stereocenters. The van der Waals surface area contributed by atoms with Crippen LogP contribution in [0.1, 0.15) is 37.7 Å². The van der Waals surface area contributed by atoms with Crippen molar-refractivity contribution in [1.29, 1.82) is 0 Å². The van der Waals surface area contributed by atoms with Crippen LogP contribution in [0, 0.1) is 0 Å². The van der Waals surface area contributed by atoms with Gasteiger partial charge in [0.05, 0.1) is 19.6 Å². The third-order valence-electron chi connectivity index (χ3n) is 4.58. The van der Waals surface area contributed by atoms with Crippen LogP contribution in [0.4, 0.5) is 0 Å². The number of nitrogens with zero attached hydrogens (tertiary/aromatic N) is 1. The fourth-order valence-corrected chi connectivity index (χ4v) is 3.19. The van der Waals surface area contributed by atoms with Crippen molar-refractivity contribution in [3.63, 3.8) is 0 Å². The van der Waals surface area contributed by atoms with Gasteiger partial charge in [0, 0.05) is 26.1 Å². The van der Waals surface area contributed by atoms with Crippen molar-refractivity contribution >= 4 is 11.9 Å². The highest BCUT2D eigenvalue weighted by Crippen LogP contribution is 2.28. The molecule has 1 aliphatic rings. The lowest BCUT2D eigenvalue weighted by Crippen LogP contribution is -2.37. The number of carboxylic acid groups (broad SMARTS) is 1. The van der Waals surface area contributed by atoms with Gasteiger partial charge in [0.1, 0.15) is 5.75 Å². The van der Waals surface area contributed by atoms with Crippen LogP contribution in [0.2, 0.25) is 0 Å². The molecule has 1 heterocycles. The van der Waals surface area contributed by atoms with Gasteiger partial charge in [0.2, 0.25) is 5.91 Å². The predicted molar refractivity (Wildman–Crippen MR) is 89.2 cm³/mol. The number of likely N-dealkylation sites (tertiary alicyclic amines) is 1. The molecule has 0 aliphatic carbocycles. The van der Waals surface area contributed by atoms with Crippen molar-refractivity contribution in [2.24, 2.45) is 0 Å². The third kappa shape index (κ3) is 4.47. The molecule has 1 aromatic carbocycles. The summed E-state index contributed by atoms with van der Waals surface area (Å²) in [5.41, 5.74) is 1.03. The number of amides is 1. The lowest BCUT2D eigenvalue weighted by Gasteiger charge is -2.25. The molecule has 2 rings (SSSR count). The van der Waals surface area contributed by atoms with Gasteiger partial charge in [-0.15, -0.1) is 0 Å². The molecular weight excluding hydrogens is 310 g/mol. The Morgan fingerprint density at radius 1 is 1.38 bits per heavy atom. The summed E-state index contributed by atoms with van der Waals surface area (Å²) in [5.74, 6) is -0.137. The van der Waals surface area contributed by atoms with E-state index in [1.165, 1.54) is 0 Å². The van der Waals surface area contributed by atoms with E-state index >= 15 is 0 Å². The molecule has 1 aliphatic heterocycles. The van der Waals surface area contributed by atoms with Crippen LogP contribution in [0.5, 0.6) is 5.75 Å². The first kappa shape index (κ1) is 18.3. The maximum Gasteiger partial charge on any atom is 0.305 e. The predicted octanol–water partition coefficient (Wildman–Crippen LogP) is 2.28. The average molecular weight is 335 g/mol. The third-order valence-corrected chi connectivity index (χ3v) is 4.58. The lowest BCUT2D eigenvalue weighted by atomic mass is 9.96. The van der Waals surface area contributed by atoms with Crippen molar-refractivity contribution in [3.05, 3.63) is 29.8 Å². The van der Waals surface area contributed by atoms with Crippen molar-refractivity contribution in [1.82, 2.24) is 4.90 Å². The van der Waals surface area contributed by atoms with E-state index in [-0.39, 0.29) is 30.4 Å². The van der Waals surface area contributed by atoms with Gasteiger partial charge in [-0.1, -0.05) is 19.1 Å². The van der Waals surface area contributed by atoms with Gasteiger partial charge in [-0.2, -0.15) is 0 Å². The first-order valence-corrected chi connectivity index (χ1v) is 8.12. The zero-order valence-corrected chi connectivity index (χ0v) is 14.4. The Morgan fingerprint density at radius 3 is 2.75 bits per heavy atom. The summed E-state index contributed by atoms with van der Waals surface area (Å²) in [6.07, 6.45) is 0.770. The van der Waals surface area contributed by atoms with E-state index in [4.69, 9.17) is 14.6 Å². The summed E-state index contributed by atoms with van der Waals surface area (Å²) in [7, 11) is 3.20. The van der Waals surface area contributed by atoms with E-state index in [0.717, 1.165) is 11.3 Å². The zero-order chi connectivity index (χ0) is 17.7. The molecule has 132 valence electrons. The molecule has 0 aromatic heterocycles. The Labute approximate surface area is 142 Å². The fraction of sp³-hybridized carbons (Fsp3) is 0.556. The minimum atomic E-state index is -0.893. The number of hydrogen-bond donors (Lipinski definition) is 1. The molecule has 1 amide bonds. The summed E-state index contributed by atoms with van der Waals surface area (Å²) in [4.78, 5) is 25.4. The second-order valence-electron chi connectivity index (χ2n) is 6.27. The fourth-order valence-electron chi connectivity index (χ4n) is 3.19. The maximum absolute atomic E-state index is 12.7. The normalized spacial score (nSPS) is 21.5. The molecule has 1 N–H and O–H groups in total. The molecule has 0 saturated carbocycles. The van der Waals surface area contributed by atoms with Gasteiger partial charge < -0.3 is 19.5 Å². The quantitative estimate of drug-likeness (QED) is 0.827. The number of methoxy groups -OCH3 is 2. The molecule has 6 heteroatoms. The Morgan fingerprint density at radius 2 is 2.12 bits per heavy atom. The highest BCUT2D eigenvalue weighted by atomic mass is 16.5. The van der Waals surface area contributed by atoms with Crippen LogP contribution < -0.4 is 4.74 Å². The van der Waals surface area contributed by atoms with Crippen molar-refractivity contribution in [3.8, 4) is 5.75 Å². The number of rotatable bonds is 7. The van der Waals surface area contributed by atoms with Crippen molar-refractivity contribution in [2.75, 3.05) is 20.8 Å². The van der Waals surface area contributed by atoms with E-state index < -0.39 is 5.97 Å². The van der Waals surface area contributed by atoms with Gasteiger partial charge in [0.25, 0.3) is 0 Å². The summed E-state index contributed by atoms with van der Waals surface area (Å²) in [6, 6.07) is 7.37. The number of ether oxygens (including phenoxy) is 2. The SMILES string of the molecule is COc1cccc(C(C)CC(=O)N2CC(OC)CC2CC(=O)O)c1. The van der Waals surface area contributed by atoms with Gasteiger partial charge in [-0.25, -0.2) is 0 Å². The van der Waals surface area contributed by atoms with E-state index in [2.05, 4.69) is 0 Å². The Bertz CT molecular complexity index is 589. The van der Waals surface area contributed by atoms with Crippen molar-refractivity contribution in [2.45, 2.75) is 44.2 Å². The molecule has 0 radical (unpaired) electrons. The molecule has 0 bridgehead atoms. The van der Waals surface area contributed by atoms with Crippen LogP contribution in [0.15, 0.2) is 24.3 Å². The monoisotopic (exact) mass is 335 g/mol. The van der Waals surface area contributed by atoms with Crippen molar-refractivity contribution < 1.29 is 24.2 Å². The first-order chi connectivity index (χ1) is 11.4. The second-order valence-corrected chi connectivity index (χ2v) is 6.27. The molecule has 1 saturated heterocycles. The highest BCUT2D eigenvalue weighted by molar-refractivity contribution is 5.79. The van der Waals surface area contributed by atoms with Gasteiger partial charge in [-0.3, -0.25) is 9.59 Å². The van der Waals surface area contributed by atoms with Gasteiger partial charge in [0.15, 0.2) is 0 Å². The van der Waals surface area contributed by atoms with E-state index in [1.807, 2.05) is 31.2 Å². The maximum atomic E-state index is 12.7. The summed E-state index contributed by atoms with van der Waals surface area (Å²) >= 11 is 0. The Hall–Kier alpha value is -2.08. The van der Waals surface area contributed by atoms with E-state index in [1.54, 1.807) is 19.1 Å². The molecule has 6 nitrogen and oxygen atoms in total. The Kier molecular flexibility index (Phi) is 6.20. The van der Waals surface area contributed by atoms with Gasteiger partial charge in [-0.05, 0) is 30.0 Å². The first-order valence-electron chi connectivity index (χ1n) is 8.12. The van der Waals surface area contributed by atoms with Gasteiger partial charge >= 0.3 is 5.97 Å². The molecule has 1 fully saturated rings. The zero-order valence-electron chi connectivity index (χ0n) is 14.4. The number of benzene rings is 1. The van der Waals surface area contributed by atoms with Crippen LogP contribution in [-0.4, -0.2) is 54.8 Å². The summed E-state index contributed by atoms with van der Waals surface area (Å²) < 4.78 is 10.5. The topological polar surface area (TPSA) is 76.1 Å². The van der Waals surface area contributed by atoms with Crippen LogP contribution in [0.25, 0.3) is 0 Å². The number of carboxylic acids is 1. The molecular formula is C18H25NO5. The lowest BCUT2D eigenvalue weighted by molar-refractivity contribution is -0.140. The van der Waals surface area contributed by atoms with Crippen LogP contribution in [0.3, 0.4) is 0 Å². The minimum Gasteiger partial charge on any atom is -0.497 e. The highest BCUT2D eigenvalue weighted by Gasteiger charge is 2.36. The molecule has 1 aromatic rings. The molecule has 0 spiro atoms. The number of aliphatic carboxylic acids is 1. The average Bonchev–Trinajstić information content (AvgIpc) is 2.97. The van der Waals surface area contributed by atoms with Crippen LogP contribution in [-0.2, 0) is 14.3 Å². The number of carbonyl (C=O) groups excluding carboxylic acids is 1.